The zero-order valence-corrected chi connectivity index (χ0v) is 12.7. The van der Waals surface area contributed by atoms with E-state index in [0.717, 1.165) is 28.0 Å². The third-order valence-corrected chi connectivity index (χ3v) is 3.83. The zero-order chi connectivity index (χ0) is 14.3. The van der Waals surface area contributed by atoms with Gasteiger partial charge in [0.05, 0.1) is 23.8 Å². The SMILES string of the molecule is COc1ccc(Cl)cc1-n1c(=S)[nH]c2c(C)cccc21. The largest absolute Gasteiger partial charge is 0.495 e. The molecule has 3 rings (SSSR count). The van der Waals surface area contributed by atoms with Crippen LogP contribution in [0.2, 0.25) is 5.02 Å². The molecule has 0 unspecified atom stereocenters. The van der Waals surface area contributed by atoms with Gasteiger partial charge in [-0.05, 0) is 49.0 Å². The van der Waals surface area contributed by atoms with Crippen LogP contribution in [0.4, 0.5) is 0 Å². The number of para-hydroxylation sites is 1. The maximum Gasteiger partial charge on any atom is 0.182 e. The van der Waals surface area contributed by atoms with Gasteiger partial charge in [0, 0.05) is 5.02 Å². The van der Waals surface area contributed by atoms with Gasteiger partial charge in [-0.3, -0.25) is 4.57 Å². The highest BCUT2D eigenvalue weighted by Crippen LogP contribution is 2.30. The molecule has 1 heterocycles. The number of benzene rings is 2. The molecule has 1 N–H and O–H groups in total. The maximum absolute atomic E-state index is 6.11. The number of aromatic amines is 1. The lowest BCUT2D eigenvalue weighted by Gasteiger charge is -2.11. The number of imidazole rings is 1. The fraction of sp³-hybridized carbons (Fsp3) is 0.133. The van der Waals surface area contributed by atoms with Crippen LogP contribution in [0.15, 0.2) is 36.4 Å². The number of nitrogens with one attached hydrogen (secondary N) is 1. The number of aryl methyl sites for hydroxylation is 1. The standard InChI is InChI=1S/C15H13ClN2OS/c1-9-4-3-5-11-14(9)17-15(20)18(11)12-8-10(16)6-7-13(12)19-2/h3-8H,1-2H3,(H,17,20). The summed E-state index contributed by atoms with van der Waals surface area (Å²) in [5.41, 5.74) is 4.02. The van der Waals surface area contributed by atoms with Gasteiger partial charge in [0.1, 0.15) is 5.75 Å². The van der Waals surface area contributed by atoms with Gasteiger partial charge >= 0.3 is 0 Å². The Morgan fingerprint density at radius 3 is 2.80 bits per heavy atom. The number of fused-ring (bicyclic) bond motifs is 1. The molecule has 20 heavy (non-hydrogen) atoms. The van der Waals surface area contributed by atoms with Crippen molar-refractivity contribution < 1.29 is 4.74 Å². The van der Waals surface area contributed by atoms with Crippen LogP contribution in [-0.2, 0) is 0 Å². The number of hydrogen-bond donors (Lipinski definition) is 1. The summed E-state index contributed by atoms with van der Waals surface area (Å²) < 4.78 is 7.99. The summed E-state index contributed by atoms with van der Waals surface area (Å²) in [6, 6.07) is 11.6. The molecular formula is C15H13ClN2OS. The van der Waals surface area contributed by atoms with Crippen LogP contribution >= 0.6 is 23.8 Å². The molecule has 5 heteroatoms. The second-order valence-electron chi connectivity index (χ2n) is 4.55. The number of methoxy groups -OCH3 is 1. The van der Waals surface area contributed by atoms with Crippen LogP contribution < -0.4 is 4.74 Å². The van der Waals surface area contributed by atoms with E-state index in [1.165, 1.54) is 0 Å². The van der Waals surface area contributed by atoms with E-state index in [1.807, 2.05) is 41.8 Å². The van der Waals surface area contributed by atoms with Crippen LogP contribution in [0, 0.1) is 11.7 Å². The Balaban J connectivity index is 2.41. The normalized spacial score (nSPS) is 10.9. The maximum atomic E-state index is 6.11. The van der Waals surface area contributed by atoms with E-state index in [9.17, 15) is 0 Å². The summed E-state index contributed by atoms with van der Waals surface area (Å²) in [4.78, 5) is 3.24. The third-order valence-electron chi connectivity index (χ3n) is 3.31. The fourth-order valence-corrected chi connectivity index (χ4v) is 2.82. The van der Waals surface area contributed by atoms with Crippen LogP contribution in [0.5, 0.6) is 5.75 Å². The Bertz CT molecular complexity index is 851. The Kier molecular flexibility index (Phi) is 3.28. The van der Waals surface area contributed by atoms with Crippen molar-refractivity contribution in [3.63, 3.8) is 0 Å². The van der Waals surface area contributed by atoms with Crippen LogP contribution in [0.25, 0.3) is 16.7 Å². The van der Waals surface area contributed by atoms with Gasteiger partial charge in [-0.25, -0.2) is 0 Å². The van der Waals surface area contributed by atoms with Crippen molar-refractivity contribution >= 4 is 34.9 Å². The van der Waals surface area contributed by atoms with Gasteiger partial charge in [0.2, 0.25) is 0 Å². The molecule has 0 saturated carbocycles. The molecule has 0 fully saturated rings. The van der Waals surface area contributed by atoms with Gasteiger partial charge in [-0.1, -0.05) is 23.7 Å². The molecular weight excluding hydrogens is 292 g/mol. The second-order valence-corrected chi connectivity index (χ2v) is 5.37. The number of halogens is 1. The quantitative estimate of drug-likeness (QED) is 0.698. The molecule has 0 atom stereocenters. The molecule has 3 nitrogen and oxygen atoms in total. The van der Waals surface area contributed by atoms with Gasteiger partial charge in [-0.15, -0.1) is 0 Å². The minimum Gasteiger partial charge on any atom is -0.495 e. The van der Waals surface area contributed by atoms with Crippen LogP contribution in [0.3, 0.4) is 0 Å². The van der Waals surface area contributed by atoms with Gasteiger partial charge < -0.3 is 9.72 Å². The molecule has 0 bridgehead atoms. The highest BCUT2D eigenvalue weighted by Gasteiger charge is 2.12. The molecule has 0 spiro atoms. The van der Waals surface area contributed by atoms with Crippen molar-refractivity contribution in [1.29, 1.82) is 0 Å². The first-order valence-electron chi connectivity index (χ1n) is 6.16. The number of rotatable bonds is 2. The number of hydrogen-bond acceptors (Lipinski definition) is 2. The highest BCUT2D eigenvalue weighted by atomic mass is 35.5. The topological polar surface area (TPSA) is 29.9 Å². The first kappa shape index (κ1) is 13.2. The van der Waals surface area contributed by atoms with Crippen LogP contribution in [-0.4, -0.2) is 16.7 Å². The van der Waals surface area contributed by atoms with Crippen molar-refractivity contribution in [3.05, 3.63) is 51.8 Å². The van der Waals surface area contributed by atoms with Crippen molar-refractivity contribution in [2.75, 3.05) is 7.11 Å². The average molecular weight is 305 g/mol. The first-order valence-corrected chi connectivity index (χ1v) is 6.94. The molecule has 0 saturated heterocycles. The molecule has 0 aliphatic heterocycles. The van der Waals surface area contributed by atoms with E-state index in [1.54, 1.807) is 13.2 Å². The average Bonchev–Trinajstić information content (AvgIpc) is 2.76. The predicted octanol–water partition coefficient (Wildman–Crippen LogP) is 4.66. The minimum absolute atomic E-state index is 0.620. The lowest BCUT2D eigenvalue weighted by atomic mass is 10.2. The molecule has 0 amide bonds. The van der Waals surface area contributed by atoms with Crippen molar-refractivity contribution in [3.8, 4) is 11.4 Å². The minimum atomic E-state index is 0.620. The number of nitrogens with zero attached hydrogens (tertiary/aromatic N) is 1. The number of H-pyrrole nitrogens is 1. The van der Waals surface area contributed by atoms with Crippen molar-refractivity contribution in [1.82, 2.24) is 9.55 Å². The highest BCUT2D eigenvalue weighted by molar-refractivity contribution is 7.71. The molecule has 1 aromatic heterocycles. The van der Waals surface area contributed by atoms with Crippen molar-refractivity contribution in [2.45, 2.75) is 6.92 Å². The summed E-state index contributed by atoms with van der Waals surface area (Å²) in [5, 5.41) is 0.643. The lowest BCUT2D eigenvalue weighted by Crippen LogP contribution is -1.98. The lowest BCUT2D eigenvalue weighted by molar-refractivity contribution is 0.413. The smallest absolute Gasteiger partial charge is 0.182 e. The summed E-state index contributed by atoms with van der Waals surface area (Å²) in [5.74, 6) is 0.730. The third kappa shape index (κ3) is 2.01. The van der Waals surface area contributed by atoms with Gasteiger partial charge in [0.25, 0.3) is 0 Å². The Morgan fingerprint density at radius 1 is 1.25 bits per heavy atom. The molecule has 102 valence electrons. The van der Waals surface area contributed by atoms with E-state index in [4.69, 9.17) is 28.6 Å². The zero-order valence-electron chi connectivity index (χ0n) is 11.1. The van der Waals surface area contributed by atoms with E-state index < -0.39 is 0 Å². The number of ether oxygens (including phenoxy) is 1. The molecule has 0 aliphatic carbocycles. The monoisotopic (exact) mass is 304 g/mol. The summed E-state index contributed by atoms with van der Waals surface area (Å²) in [6.45, 7) is 2.05. The predicted molar refractivity (Wildman–Crippen MR) is 84.8 cm³/mol. The van der Waals surface area contributed by atoms with Gasteiger partial charge in [-0.2, -0.15) is 0 Å². The molecule has 3 aromatic rings. The first-order chi connectivity index (χ1) is 9.61. The fourth-order valence-electron chi connectivity index (χ4n) is 2.35. The Hall–Kier alpha value is -1.78. The van der Waals surface area contributed by atoms with Crippen LogP contribution in [0.1, 0.15) is 5.56 Å². The molecule has 2 aromatic carbocycles. The van der Waals surface area contributed by atoms with E-state index >= 15 is 0 Å². The van der Waals surface area contributed by atoms with Gasteiger partial charge in [0.15, 0.2) is 4.77 Å². The Labute approximate surface area is 126 Å². The van der Waals surface area contributed by atoms with Crippen molar-refractivity contribution in [2.24, 2.45) is 0 Å². The number of aromatic nitrogens is 2. The molecule has 0 aliphatic rings. The van der Waals surface area contributed by atoms with E-state index in [0.29, 0.717) is 9.79 Å². The summed E-state index contributed by atoms with van der Waals surface area (Å²) in [6.07, 6.45) is 0. The Morgan fingerprint density at radius 2 is 2.05 bits per heavy atom. The van der Waals surface area contributed by atoms with E-state index in [2.05, 4.69) is 4.98 Å². The molecule has 0 radical (unpaired) electrons. The summed E-state index contributed by atoms with van der Waals surface area (Å²) in [7, 11) is 1.64. The summed E-state index contributed by atoms with van der Waals surface area (Å²) >= 11 is 11.6. The van der Waals surface area contributed by atoms with E-state index in [-0.39, 0.29) is 0 Å². The second kappa shape index (κ2) is 4.96.